The number of piperidine rings is 1. The second kappa shape index (κ2) is 8.67. The van der Waals surface area contributed by atoms with Crippen LogP contribution in [0, 0.1) is 0 Å². The number of benzene rings is 1. The molecule has 1 aromatic carbocycles. The standard InChI is InChI=1S/C24H29N5O2/c30-23(17-4-3-13-25-16-17)28-14-11-19(12-15-28)26-18-7-9-20(10-8-18)29-22-6-2-1-5-21(22)27-24(29)31/h1-6,13,16,18-20,26H,7-12,14-15H2,(H,27,31). The van der Waals surface area contributed by atoms with E-state index in [2.05, 4.69) is 15.3 Å². The molecule has 1 saturated heterocycles. The average molecular weight is 420 g/mol. The molecule has 0 bridgehead atoms. The summed E-state index contributed by atoms with van der Waals surface area (Å²) in [6, 6.07) is 12.8. The van der Waals surface area contributed by atoms with Crippen LogP contribution < -0.4 is 11.0 Å². The van der Waals surface area contributed by atoms with Crippen molar-refractivity contribution in [3.8, 4) is 0 Å². The van der Waals surface area contributed by atoms with Crippen molar-refractivity contribution in [3.63, 3.8) is 0 Å². The first-order valence-electron chi connectivity index (χ1n) is 11.3. The quantitative estimate of drug-likeness (QED) is 0.681. The van der Waals surface area contributed by atoms with E-state index in [0.717, 1.165) is 62.6 Å². The van der Waals surface area contributed by atoms with Crippen molar-refractivity contribution in [3.05, 3.63) is 64.8 Å². The summed E-state index contributed by atoms with van der Waals surface area (Å²) >= 11 is 0. The maximum Gasteiger partial charge on any atom is 0.326 e. The molecular formula is C24H29N5O2. The van der Waals surface area contributed by atoms with Crippen molar-refractivity contribution in [1.29, 1.82) is 0 Å². The third kappa shape index (κ3) is 4.14. The number of aromatic amines is 1. The number of nitrogens with zero attached hydrogens (tertiary/aromatic N) is 3. The number of rotatable bonds is 4. The van der Waals surface area contributed by atoms with E-state index in [-0.39, 0.29) is 17.6 Å². The van der Waals surface area contributed by atoms with Crippen LogP contribution >= 0.6 is 0 Å². The fraction of sp³-hybridized carbons (Fsp3) is 0.458. The number of para-hydroxylation sites is 2. The van der Waals surface area contributed by atoms with E-state index in [1.807, 2.05) is 45.9 Å². The molecule has 2 aromatic heterocycles. The van der Waals surface area contributed by atoms with Crippen LogP contribution in [-0.4, -0.2) is 50.5 Å². The number of imidazole rings is 1. The molecule has 3 aromatic rings. The number of aromatic nitrogens is 3. The molecule has 0 radical (unpaired) electrons. The summed E-state index contributed by atoms with van der Waals surface area (Å²) in [5.74, 6) is 0.0798. The number of pyridine rings is 1. The summed E-state index contributed by atoms with van der Waals surface area (Å²) in [7, 11) is 0. The number of hydrogen-bond donors (Lipinski definition) is 2. The first kappa shape index (κ1) is 20.0. The van der Waals surface area contributed by atoms with Gasteiger partial charge in [0.05, 0.1) is 16.6 Å². The van der Waals surface area contributed by atoms with Gasteiger partial charge in [-0.2, -0.15) is 0 Å². The van der Waals surface area contributed by atoms with Gasteiger partial charge in [0.25, 0.3) is 5.91 Å². The van der Waals surface area contributed by atoms with Crippen molar-refractivity contribution in [2.24, 2.45) is 0 Å². The molecule has 1 amide bonds. The molecule has 3 heterocycles. The van der Waals surface area contributed by atoms with Crippen molar-refractivity contribution in [1.82, 2.24) is 24.8 Å². The van der Waals surface area contributed by atoms with Crippen molar-refractivity contribution < 1.29 is 4.79 Å². The molecule has 0 atom stereocenters. The minimum absolute atomic E-state index is 0.00302. The summed E-state index contributed by atoms with van der Waals surface area (Å²) in [5, 5.41) is 3.83. The lowest BCUT2D eigenvalue weighted by Crippen LogP contribution is -2.48. The van der Waals surface area contributed by atoms with Crippen LogP contribution in [0.5, 0.6) is 0 Å². The summed E-state index contributed by atoms with van der Waals surface area (Å²) in [6.07, 6.45) is 9.47. The highest BCUT2D eigenvalue weighted by Crippen LogP contribution is 2.30. The Hall–Kier alpha value is -2.93. The van der Waals surface area contributed by atoms with Gasteiger partial charge in [0.1, 0.15) is 0 Å². The lowest BCUT2D eigenvalue weighted by molar-refractivity contribution is 0.0698. The summed E-state index contributed by atoms with van der Waals surface area (Å²) in [6.45, 7) is 1.57. The second-order valence-electron chi connectivity index (χ2n) is 8.80. The predicted molar refractivity (Wildman–Crippen MR) is 120 cm³/mol. The van der Waals surface area contributed by atoms with Gasteiger partial charge in [-0.15, -0.1) is 0 Å². The highest BCUT2D eigenvalue weighted by molar-refractivity contribution is 5.93. The van der Waals surface area contributed by atoms with E-state index < -0.39 is 0 Å². The van der Waals surface area contributed by atoms with Gasteiger partial charge in [-0.25, -0.2) is 4.79 Å². The van der Waals surface area contributed by atoms with E-state index in [1.165, 1.54) is 0 Å². The van der Waals surface area contributed by atoms with Crippen LogP contribution in [0.4, 0.5) is 0 Å². The van der Waals surface area contributed by atoms with E-state index in [1.54, 1.807) is 12.4 Å². The monoisotopic (exact) mass is 419 g/mol. The third-order valence-electron chi connectivity index (χ3n) is 6.85. The van der Waals surface area contributed by atoms with Gasteiger partial charge in [-0.05, 0) is 62.8 Å². The molecular weight excluding hydrogens is 390 g/mol. The molecule has 5 rings (SSSR count). The van der Waals surface area contributed by atoms with Gasteiger partial charge in [0.15, 0.2) is 0 Å². The number of amides is 1. The molecule has 0 unspecified atom stereocenters. The van der Waals surface area contributed by atoms with Crippen LogP contribution in [0.25, 0.3) is 11.0 Å². The Balaban J connectivity index is 1.13. The van der Waals surface area contributed by atoms with Gasteiger partial charge in [0, 0.05) is 43.6 Å². The largest absolute Gasteiger partial charge is 0.338 e. The fourth-order valence-electron chi connectivity index (χ4n) is 5.19. The molecule has 7 nitrogen and oxygen atoms in total. The van der Waals surface area contributed by atoms with E-state index >= 15 is 0 Å². The van der Waals surface area contributed by atoms with Crippen LogP contribution in [0.15, 0.2) is 53.6 Å². The number of fused-ring (bicyclic) bond motifs is 1. The molecule has 2 fully saturated rings. The maximum atomic E-state index is 12.6. The minimum Gasteiger partial charge on any atom is -0.338 e. The molecule has 1 aliphatic carbocycles. The molecule has 2 aliphatic rings. The zero-order valence-corrected chi connectivity index (χ0v) is 17.7. The SMILES string of the molecule is O=C(c1cccnc1)N1CCC(NC2CCC(n3c(=O)[nH]c4ccccc43)CC2)CC1. The van der Waals surface area contributed by atoms with Crippen LogP contribution in [0.3, 0.4) is 0 Å². The maximum absolute atomic E-state index is 12.6. The zero-order chi connectivity index (χ0) is 21.2. The fourth-order valence-corrected chi connectivity index (χ4v) is 5.19. The Bertz CT molecular complexity index is 1090. The number of nitrogens with one attached hydrogen (secondary N) is 2. The average Bonchev–Trinajstić information content (AvgIpc) is 3.16. The van der Waals surface area contributed by atoms with Gasteiger partial charge < -0.3 is 15.2 Å². The van der Waals surface area contributed by atoms with Crippen molar-refractivity contribution in [2.75, 3.05) is 13.1 Å². The number of H-pyrrole nitrogens is 1. The van der Waals surface area contributed by atoms with Gasteiger partial charge in [0.2, 0.25) is 0 Å². The van der Waals surface area contributed by atoms with Gasteiger partial charge >= 0.3 is 5.69 Å². The Morgan fingerprint density at radius 1 is 0.968 bits per heavy atom. The van der Waals surface area contributed by atoms with Crippen molar-refractivity contribution >= 4 is 16.9 Å². The van der Waals surface area contributed by atoms with E-state index in [9.17, 15) is 9.59 Å². The highest BCUT2D eigenvalue weighted by atomic mass is 16.2. The third-order valence-corrected chi connectivity index (χ3v) is 6.85. The topological polar surface area (TPSA) is 83.0 Å². The van der Waals surface area contributed by atoms with Crippen LogP contribution in [0.1, 0.15) is 54.9 Å². The lowest BCUT2D eigenvalue weighted by atomic mass is 9.89. The van der Waals surface area contributed by atoms with Crippen LogP contribution in [-0.2, 0) is 0 Å². The Kier molecular flexibility index (Phi) is 5.59. The molecule has 162 valence electrons. The summed E-state index contributed by atoms with van der Waals surface area (Å²) in [5.41, 5.74) is 2.60. The molecule has 2 N–H and O–H groups in total. The lowest BCUT2D eigenvalue weighted by Gasteiger charge is -2.37. The molecule has 7 heteroatoms. The molecule has 0 spiro atoms. The van der Waals surface area contributed by atoms with Crippen molar-refractivity contribution in [2.45, 2.75) is 56.7 Å². The second-order valence-corrected chi connectivity index (χ2v) is 8.80. The number of carbonyl (C=O) groups is 1. The predicted octanol–water partition coefficient (Wildman–Crippen LogP) is 3.10. The Morgan fingerprint density at radius 3 is 2.45 bits per heavy atom. The molecule has 31 heavy (non-hydrogen) atoms. The number of hydrogen-bond acceptors (Lipinski definition) is 4. The minimum atomic E-state index is 0.00302. The molecule has 1 saturated carbocycles. The van der Waals surface area contributed by atoms with E-state index in [0.29, 0.717) is 17.6 Å². The zero-order valence-electron chi connectivity index (χ0n) is 17.7. The summed E-state index contributed by atoms with van der Waals surface area (Å²) in [4.78, 5) is 34.1. The number of carbonyl (C=O) groups excluding carboxylic acids is 1. The first-order valence-corrected chi connectivity index (χ1v) is 11.3. The Labute approximate surface area is 181 Å². The van der Waals surface area contributed by atoms with Crippen LogP contribution in [0.2, 0.25) is 0 Å². The summed E-state index contributed by atoms with van der Waals surface area (Å²) < 4.78 is 1.95. The molecule has 1 aliphatic heterocycles. The van der Waals surface area contributed by atoms with Gasteiger partial charge in [-0.3, -0.25) is 14.3 Å². The normalized spacial score (nSPS) is 22.6. The highest BCUT2D eigenvalue weighted by Gasteiger charge is 2.29. The number of likely N-dealkylation sites (tertiary alicyclic amines) is 1. The van der Waals surface area contributed by atoms with E-state index in [4.69, 9.17) is 0 Å². The Morgan fingerprint density at radius 2 is 1.71 bits per heavy atom. The van der Waals surface area contributed by atoms with Gasteiger partial charge in [-0.1, -0.05) is 12.1 Å². The smallest absolute Gasteiger partial charge is 0.326 e. The first-order chi connectivity index (χ1) is 15.2.